The summed E-state index contributed by atoms with van der Waals surface area (Å²) < 4.78 is 19.5. The SMILES string of the molecule is C#C.C=C.C=C(NCC(=O)N1C[C@@H](CC)C[C@H]1C(=C)NC1CC1)OC(C)(C)C.C=CNS(=C)(=O)C1CC1.CC.CC.CC.CC.CC.CC.CC.CC(C)C.c1ccccc1. The van der Waals surface area contributed by atoms with Gasteiger partial charge in [-0.25, -0.2) is 4.21 Å². The van der Waals surface area contributed by atoms with Crippen molar-refractivity contribution in [2.75, 3.05) is 13.1 Å². The molecule has 3 N–H and O–H groups in total. The molecule has 0 spiro atoms. The molecule has 0 bridgehead atoms. The Morgan fingerprint density at radius 2 is 1.16 bits per heavy atom. The van der Waals surface area contributed by atoms with Crippen molar-refractivity contribution in [3.8, 4) is 12.8 Å². The fraction of sp³-hybridized carbons (Fsp3) is 0.660. The Kier molecular flexibility index (Phi) is 74.8. The summed E-state index contributed by atoms with van der Waals surface area (Å²) in [6, 6.07) is 12.7. The van der Waals surface area contributed by atoms with Gasteiger partial charge in [0.2, 0.25) is 5.91 Å². The minimum absolute atomic E-state index is 0.0772. The Balaban J connectivity index is -0.0000000864. The van der Waals surface area contributed by atoms with Gasteiger partial charge in [0.25, 0.3) is 0 Å². The van der Waals surface area contributed by atoms with Crippen LogP contribution in [-0.4, -0.2) is 56.9 Å². The number of hydrogen-bond acceptors (Lipinski definition) is 5. The monoisotopic (exact) mass is 881 g/mol. The lowest BCUT2D eigenvalue weighted by molar-refractivity contribution is -0.130. The van der Waals surface area contributed by atoms with E-state index in [0.29, 0.717) is 23.1 Å². The van der Waals surface area contributed by atoms with Crippen LogP contribution in [0.3, 0.4) is 0 Å². The van der Waals surface area contributed by atoms with Gasteiger partial charge in [0.15, 0.2) is 5.88 Å². The van der Waals surface area contributed by atoms with Gasteiger partial charge >= 0.3 is 0 Å². The van der Waals surface area contributed by atoms with E-state index in [9.17, 15) is 9.00 Å². The van der Waals surface area contributed by atoms with Crippen molar-refractivity contribution >= 4 is 21.5 Å². The molecule has 364 valence electrons. The van der Waals surface area contributed by atoms with Crippen LogP contribution in [0, 0.1) is 24.7 Å². The summed E-state index contributed by atoms with van der Waals surface area (Å²) in [6.45, 7) is 61.0. The van der Waals surface area contributed by atoms with Gasteiger partial charge in [-0.05, 0) is 77.2 Å². The van der Waals surface area contributed by atoms with E-state index >= 15 is 0 Å². The van der Waals surface area contributed by atoms with Crippen molar-refractivity contribution in [1.82, 2.24) is 20.3 Å². The molecule has 3 fully saturated rings. The van der Waals surface area contributed by atoms with Gasteiger partial charge in [-0.15, -0.1) is 26.0 Å². The number of likely N-dealkylation sites (tertiary alicyclic amines) is 1. The van der Waals surface area contributed by atoms with Crippen LogP contribution in [0.25, 0.3) is 0 Å². The Morgan fingerprint density at radius 1 is 0.803 bits per heavy atom. The Morgan fingerprint density at radius 3 is 1.44 bits per heavy atom. The summed E-state index contributed by atoms with van der Waals surface area (Å²) in [4.78, 5) is 14.7. The fourth-order valence-electron chi connectivity index (χ4n) is 4.16. The molecule has 2 aliphatic carbocycles. The quantitative estimate of drug-likeness (QED) is 0.0893. The van der Waals surface area contributed by atoms with Crippen LogP contribution in [0.4, 0.5) is 0 Å². The van der Waals surface area contributed by atoms with E-state index < -0.39 is 9.71 Å². The third kappa shape index (κ3) is 56.4. The molecule has 0 radical (unpaired) electrons. The van der Waals surface area contributed by atoms with Gasteiger partial charge in [0.1, 0.15) is 5.60 Å². The first-order valence-corrected chi connectivity index (χ1v) is 25.3. The van der Waals surface area contributed by atoms with E-state index in [2.05, 4.69) is 94.7 Å². The number of rotatable bonds is 11. The second-order valence-electron chi connectivity index (χ2n) is 13.1. The van der Waals surface area contributed by atoms with Crippen molar-refractivity contribution in [2.45, 2.75) is 207 Å². The van der Waals surface area contributed by atoms with Crippen molar-refractivity contribution in [3.05, 3.63) is 87.1 Å². The Bertz CT molecular complexity index is 1120. The molecule has 3 atom stereocenters. The molecule has 4 rings (SSSR count). The number of amides is 1. The summed E-state index contributed by atoms with van der Waals surface area (Å²) >= 11 is 0. The lowest BCUT2D eigenvalue weighted by Crippen LogP contribution is -2.44. The zero-order valence-corrected chi connectivity index (χ0v) is 45.4. The highest BCUT2D eigenvalue weighted by Gasteiger charge is 2.37. The van der Waals surface area contributed by atoms with Crippen LogP contribution in [0.5, 0.6) is 0 Å². The molecule has 61 heavy (non-hydrogen) atoms. The van der Waals surface area contributed by atoms with E-state index in [1.807, 2.05) is 159 Å². The molecule has 7 nitrogen and oxygen atoms in total. The highest BCUT2D eigenvalue weighted by Crippen LogP contribution is 2.31. The first kappa shape index (κ1) is 78.0. The number of nitrogens with one attached hydrogen (secondary N) is 3. The standard InChI is InChI=1S/C19H33N3O2.C6H11NOS.C6H6.C4H10.7C2H6.C2H4.C2H2/c1-7-15-10-17(13(2)21-16-8-9-16)22(12-15)18(23)11-20-14(3)24-19(4,5)6;1-3-7-9(2,8)6-4-5-6;1-2-4-6-5-3-1;1-4(2)3;9*1-2/h15-17,20-21H,2-3,7-12H2,1,4-6H3;3,6H,1-2,4-5H2,(H,7,8);1-6H;4H,1-3H3;7*1-2H3;1-2H2;1-2H/t15-,17-;;;;;;;;;;;;/m0............/s1. The van der Waals surface area contributed by atoms with Crippen molar-refractivity contribution in [2.24, 2.45) is 11.8 Å². The molecule has 8 heteroatoms. The normalized spacial score (nSPS) is 15.1. The van der Waals surface area contributed by atoms with E-state index in [-0.39, 0.29) is 24.1 Å². The number of hydrogen-bond donors (Lipinski definition) is 3. The van der Waals surface area contributed by atoms with Crippen LogP contribution in [0.1, 0.15) is 184 Å². The first-order chi connectivity index (χ1) is 29.1. The fourth-order valence-corrected chi connectivity index (χ4v) is 5.54. The molecule has 1 heterocycles. The largest absolute Gasteiger partial charge is 0.474 e. The molecule has 1 aromatic rings. The average Bonchev–Trinajstić information content (AvgIpc) is 4.25. The number of carbonyl (C=O) groups is 1. The second-order valence-corrected chi connectivity index (χ2v) is 15.5. The van der Waals surface area contributed by atoms with Gasteiger partial charge in [0.05, 0.1) is 12.6 Å². The molecule has 1 aliphatic heterocycles. The Labute approximate surface area is 385 Å². The molecule has 0 aromatic heterocycles. The molecule has 3 aliphatic rings. The lowest BCUT2D eigenvalue weighted by Gasteiger charge is -2.28. The summed E-state index contributed by atoms with van der Waals surface area (Å²) in [5, 5.41) is 6.77. The van der Waals surface area contributed by atoms with Gasteiger partial charge in [0, 0.05) is 39.4 Å². The zero-order valence-electron chi connectivity index (χ0n) is 44.6. The topological polar surface area (TPSA) is 82.7 Å². The highest BCUT2D eigenvalue weighted by molar-refractivity contribution is 7.99. The highest BCUT2D eigenvalue weighted by atomic mass is 32.2. The molecule has 2 saturated carbocycles. The first-order valence-electron chi connectivity index (χ1n) is 23.5. The van der Waals surface area contributed by atoms with Crippen LogP contribution >= 0.6 is 0 Å². The van der Waals surface area contributed by atoms with Crippen LogP contribution in [-0.2, 0) is 19.2 Å². The minimum Gasteiger partial charge on any atom is -0.474 e. The molecular formula is C53H108N4O3S. The summed E-state index contributed by atoms with van der Waals surface area (Å²) in [5.74, 6) is 5.46. The molecule has 1 amide bonds. The number of carbonyl (C=O) groups excluding carboxylic acids is 1. The zero-order chi connectivity index (χ0) is 50.6. The Hall–Kier alpha value is -3.57. The summed E-state index contributed by atoms with van der Waals surface area (Å²) in [5.41, 5.74) is 0.672. The average molecular weight is 882 g/mol. The number of nitrogens with zero attached hydrogens (tertiary/aromatic N) is 1. The van der Waals surface area contributed by atoms with Crippen molar-refractivity contribution in [3.63, 3.8) is 0 Å². The van der Waals surface area contributed by atoms with E-state index in [1.165, 1.54) is 19.0 Å². The number of ether oxygens (including phenoxy) is 1. The third-order valence-corrected chi connectivity index (χ3v) is 8.65. The third-order valence-electron chi connectivity index (χ3n) is 6.53. The number of benzene rings is 1. The van der Waals surface area contributed by atoms with Gasteiger partial charge in [-0.3, -0.25) is 4.79 Å². The molecule has 1 saturated heterocycles. The molecule has 1 unspecified atom stereocenters. The maximum absolute atomic E-state index is 12.7. The molecule has 1 aromatic carbocycles. The number of terminal acetylenes is 1. The minimum atomic E-state index is -2.01. The predicted octanol–water partition coefficient (Wildman–Crippen LogP) is 14.9. The summed E-state index contributed by atoms with van der Waals surface area (Å²) in [7, 11) is -2.01. The molecular weight excluding hydrogens is 773 g/mol. The van der Waals surface area contributed by atoms with Crippen LogP contribution in [0.15, 0.2) is 87.1 Å². The van der Waals surface area contributed by atoms with Gasteiger partial charge in [-0.2, -0.15) is 0 Å². The van der Waals surface area contributed by atoms with E-state index in [0.717, 1.165) is 43.8 Å². The van der Waals surface area contributed by atoms with Crippen molar-refractivity contribution < 1.29 is 13.7 Å². The lowest BCUT2D eigenvalue weighted by atomic mass is 10.0. The smallest absolute Gasteiger partial charge is 0.242 e. The maximum Gasteiger partial charge on any atom is 0.242 e. The van der Waals surface area contributed by atoms with Crippen LogP contribution in [0.2, 0.25) is 0 Å². The maximum atomic E-state index is 12.7. The predicted molar refractivity (Wildman–Crippen MR) is 286 cm³/mol. The van der Waals surface area contributed by atoms with Gasteiger partial charge < -0.3 is 25.0 Å². The summed E-state index contributed by atoms with van der Waals surface area (Å²) in [6.07, 6.45) is 16.1. The van der Waals surface area contributed by atoms with Gasteiger partial charge in [-0.1, -0.05) is 181 Å². The van der Waals surface area contributed by atoms with Crippen molar-refractivity contribution in [1.29, 1.82) is 0 Å². The van der Waals surface area contributed by atoms with E-state index in [1.54, 1.807) is 0 Å². The van der Waals surface area contributed by atoms with E-state index in [4.69, 9.17) is 4.74 Å². The van der Waals surface area contributed by atoms with Crippen LogP contribution < -0.4 is 15.4 Å². The second kappa shape index (κ2) is 58.5.